The molecule has 0 saturated heterocycles. The van der Waals surface area contributed by atoms with Crippen LogP contribution in [0.1, 0.15) is 23.6 Å². The van der Waals surface area contributed by atoms with Crippen LogP contribution in [-0.2, 0) is 11.2 Å². The van der Waals surface area contributed by atoms with E-state index in [4.69, 9.17) is 0 Å². The highest BCUT2D eigenvalue weighted by atomic mass is 16.1. The number of benzene rings is 1. The second-order valence-corrected chi connectivity index (χ2v) is 3.73. The summed E-state index contributed by atoms with van der Waals surface area (Å²) in [5.41, 5.74) is 3.85. The van der Waals surface area contributed by atoms with Gasteiger partial charge in [-0.05, 0) is 25.8 Å². The molecule has 0 bridgehead atoms. The van der Waals surface area contributed by atoms with Gasteiger partial charge in [-0.3, -0.25) is 4.79 Å². The van der Waals surface area contributed by atoms with Crippen molar-refractivity contribution < 1.29 is 4.79 Å². The van der Waals surface area contributed by atoms with E-state index in [0.29, 0.717) is 0 Å². The molecule has 0 aliphatic carbocycles. The summed E-state index contributed by atoms with van der Waals surface area (Å²) in [6.45, 7) is 6.45. The van der Waals surface area contributed by atoms with Gasteiger partial charge in [-0.1, -0.05) is 29.3 Å². The second kappa shape index (κ2) is 4.80. The first-order valence-electron chi connectivity index (χ1n) is 4.89. The normalized spacial score (nSPS) is 9.93. The number of rotatable bonds is 3. The summed E-state index contributed by atoms with van der Waals surface area (Å²) in [4.78, 5) is 10.7. The lowest BCUT2D eigenvalue weighted by Gasteiger charge is -2.05. The van der Waals surface area contributed by atoms with Crippen molar-refractivity contribution in [1.29, 1.82) is 0 Å². The van der Waals surface area contributed by atoms with Crippen LogP contribution in [0.15, 0.2) is 18.2 Å². The summed E-state index contributed by atoms with van der Waals surface area (Å²) in [7, 11) is 0. The van der Waals surface area contributed by atoms with E-state index in [2.05, 4.69) is 37.4 Å². The molecule has 0 atom stereocenters. The van der Waals surface area contributed by atoms with Crippen molar-refractivity contribution in [1.82, 2.24) is 5.32 Å². The molecule has 1 aromatic rings. The summed E-state index contributed by atoms with van der Waals surface area (Å²) in [6.07, 6.45) is 0.905. The fourth-order valence-electron chi connectivity index (χ4n) is 1.60. The van der Waals surface area contributed by atoms with E-state index >= 15 is 0 Å². The van der Waals surface area contributed by atoms with Crippen molar-refractivity contribution in [2.24, 2.45) is 0 Å². The van der Waals surface area contributed by atoms with Gasteiger partial charge in [0.25, 0.3) is 0 Å². The summed E-state index contributed by atoms with van der Waals surface area (Å²) in [5.74, 6) is 0.0365. The third-order valence-corrected chi connectivity index (χ3v) is 2.07. The standard InChI is InChI=1S/C12H17NO/c1-9-6-10(2)8-12(7-9)4-5-13-11(3)14/h6-8H,4-5H2,1-3H3,(H,13,14). The van der Waals surface area contributed by atoms with Crippen molar-refractivity contribution in [3.63, 3.8) is 0 Å². The number of nitrogens with one attached hydrogen (secondary N) is 1. The van der Waals surface area contributed by atoms with Crippen LogP contribution >= 0.6 is 0 Å². The minimum Gasteiger partial charge on any atom is -0.356 e. The Morgan fingerprint density at radius 2 is 1.79 bits per heavy atom. The molecule has 2 heteroatoms. The Morgan fingerprint density at radius 3 is 2.29 bits per heavy atom. The predicted octanol–water partition coefficient (Wildman–Crippen LogP) is 1.98. The van der Waals surface area contributed by atoms with E-state index in [1.807, 2.05) is 0 Å². The van der Waals surface area contributed by atoms with Crippen LogP contribution in [0.5, 0.6) is 0 Å². The molecule has 0 fully saturated rings. The van der Waals surface area contributed by atoms with Gasteiger partial charge in [0.15, 0.2) is 0 Å². The first-order valence-corrected chi connectivity index (χ1v) is 4.89. The third-order valence-electron chi connectivity index (χ3n) is 2.07. The Hall–Kier alpha value is -1.31. The fraction of sp³-hybridized carbons (Fsp3) is 0.417. The lowest BCUT2D eigenvalue weighted by molar-refractivity contribution is -0.118. The van der Waals surface area contributed by atoms with Crippen LogP contribution in [-0.4, -0.2) is 12.5 Å². The number of aryl methyl sites for hydroxylation is 2. The highest BCUT2D eigenvalue weighted by Crippen LogP contribution is 2.08. The Morgan fingerprint density at radius 1 is 1.21 bits per heavy atom. The van der Waals surface area contributed by atoms with Gasteiger partial charge in [0.2, 0.25) is 5.91 Å². The Bertz CT molecular complexity index is 311. The van der Waals surface area contributed by atoms with Gasteiger partial charge in [-0.25, -0.2) is 0 Å². The topological polar surface area (TPSA) is 29.1 Å². The van der Waals surface area contributed by atoms with Crippen molar-refractivity contribution in [3.8, 4) is 0 Å². The van der Waals surface area contributed by atoms with Crippen LogP contribution in [0.4, 0.5) is 0 Å². The Labute approximate surface area is 85.3 Å². The molecule has 2 nitrogen and oxygen atoms in total. The summed E-state index contributed by atoms with van der Waals surface area (Å²) in [6, 6.07) is 6.48. The molecule has 0 saturated carbocycles. The maximum atomic E-state index is 10.7. The van der Waals surface area contributed by atoms with E-state index < -0.39 is 0 Å². The number of carbonyl (C=O) groups is 1. The average molecular weight is 191 g/mol. The van der Waals surface area contributed by atoms with Crippen molar-refractivity contribution in [3.05, 3.63) is 34.9 Å². The molecule has 0 aliphatic rings. The SMILES string of the molecule is CC(=O)NCCc1cc(C)cc(C)c1. The maximum absolute atomic E-state index is 10.7. The molecule has 1 rings (SSSR count). The molecule has 0 radical (unpaired) electrons. The predicted molar refractivity (Wildman–Crippen MR) is 58.3 cm³/mol. The fourth-order valence-corrected chi connectivity index (χ4v) is 1.60. The molecule has 0 spiro atoms. The van der Waals surface area contributed by atoms with Crippen LogP contribution in [0.2, 0.25) is 0 Å². The van der Waals surface area contributed by atoms with E-state index in [1.54, 1.807) is 6.92 Å². The van der Waals surface area contributed by atoms with Gasteiger partial charge in [0.05, 0.1) is 0 Å². The highest BCUT2D eigenvalue weighted by Gasteiger charge is 1.96. The zero-order valence-corrected chi connectivity index (χ0v) is 9.05. The molecule has 14 heavy (non-hydrogen) atoms. The number of hydrogen-bond donors (Lipinski definition) is 1. The quantitative estimate of drug-likeness (QED) is 0.777. The van der Waals surface area contributed by atoms with Crippen LogP contribution < -0.4 is 5.32 Å². The summed E-state index contributed by atoms with van der Waals surface area (Å²) < 4.78 is 0. The van der Waals surface area contributed by atoms with Gasteiger partial charge in [-0.2, -0.15) is 0 Å². The van der Waals surface area contributed by atoms with Crippen LogP contribution in [0.3, 0.4) is 0 Å². The first kappa shape index (κ1) is 10.8. The molecular formula is C12H17NO. The average Bonchev–Trinajstić information content (AvgIpc) is 2.01. The lowest BCUT2D eigenvalue weighted by atomic mass is 10.1. The molecule has 1 amide bonds. The Balaban J connectivity index is 2.54. The molecule has 1 N–H and O–H groups in total. The second-order valence-electron chi connectivity index (χ2n) is 3.73. The van der Waals surface area contributed by atoms with Crippen molar-refractivity contribution in [2.75, 3.05) is 6.54 Å². The Kier molecular flexibility index (Phi) is 3.69. The van der Waals surface area contributed by atoms with Gasteiger partial charge in [0, 0.05) is 13.5 Å². The minimum atomic E-state index is 0.0365. The van der Waals surface area contributed by atoms with E-state index in [-0.39, 0.29) is 5.91 Å². The molecule has 1 aromatic carbocycles. The van der Waals surface area contributed by atoms with Crippen molar-refractivity contribution >= 4 is 5.91 Å². The van der Waals surface area contributed by atoms with E-state index in [9.17, 15) is 4.79 Å². The zero-order valence-electron chi connectivity index (χ0n) is 9.05. The maximum Gasteiger partial charge on any atom is 0.216 e. The van der Waals surface area contributed by atoms with Gasteiger partial charge < -0.3 is 5.32 Å². The van der Waals surface area contributed by atoms with Gasteiger partial charge in [0.1, 0.15) is 0 Å². The van der Waals surface area contributed by atoms with E-state index in [0.717, 1.165) is 13.0 Å². The summed E-state index contributed by atoms with van der Waals surface area (Å²) in [5, 5.41) is 2.79. The molecular weight excluding hydrogens is 174 g/mol. The lowest BCUT2D eigenvalue weighted by Crippen LogP contribution is -2.22. The summed E-state index contributed by atoms with van der Waals surface area (Å²) >= 11 is 0. The molecule has 0 aliphatic heterocycles. The molecule has 0 aromatic heterocycles. The van der Waals surface area contributed by atoms with Gasteiger partial charge >= 0.3 is 0 Å². The van der Waals surface area contributed by atoms with Crippen molar-refractivity contribution in [2.45, 2.75) is 27.2 Å². The molecule has 0 unspecified atom stereocenters. The minimum absolute atomic E-state index is 0.0365. The smallest absolute Gasteiger partial charge is 0.216 e. The van der Waals surface area contributed by atoms with Crippen LogP contribution in [0, 0.1) is 13.8 Å². The largest absolute Gasteiger partial charge is 0.356 e. The number of carbonyl (C=O) groups excluding carboxylic acids is 1. The van der Waals surface area contributed by atoms with E-state index in [1.165, 1.54) is 16.7 Å². The number of amides is 1. The first-order chi connectivity index (χ1) is 6.58. The third kappa shape index (κ3) is 3.60. The monoisotopic (exact) mass is 191 g/mol. The molecule has 0 heterocycles. The van der Waals surface area contributed by atoms with Gasteiger partial charge in [-0.15, -0.1) is 0 Å². The molecule has 76 valence electrons. The number of hydrogen-bond acceptors (Lipinski definition) is 1. The highest BCUT2D eigenvalue weighted by molar-refractivity contribution is 5.72. The van der Waals surface area contributed by atoms with Crippen LogP contribution in [0.25, 0.3) is 0 Å². The zero-order chi connectivity index (χ0) is 10.6.